The van der Waals surface area contributed by atoms with Crippen molar-refractivity contribution in [1.82, 2.24) is 0 Å². The molecular weight excluding hydrogens is 474 g/mol. The van der Waals surface area contributed by atoms with Crippen molar-refractivity contribution in [3.63, 3.8) is 0 Å². The van der Waals surface area contributed by atoms with Crippen molar-refractivity contribution in [1.29, 1.82) is 0 Å². The molecule has 0 aromatic heterocycles. The van der Waals surface area contributed by atoms with E-state index in [1.807, 2.05) is 0 Å². The first-order valence-electron chi connectivity index (χ1n) is 7.23. The molecule has 153 valence electrons. The van der Waals surface area contributed by atoms with Crippen LogP contribution in [0.15, 0.2) is 34.8 Å². The van der Waals surface area contributed by atoms with Crippen LogP contribution in [0.3, 0.4) is 0 Å². The van der Waals surface area contributed by atoms with Crippen LogP contribution in [0, 0.1) is 13.0 Å². The van der Waals surface area contributed by atoms with Gasteiger partial charge in [0.25, 0.3) is 0 Å². The van der Waals surface area contributed by atoms with Crippen LogP contribution in [0.2, 0.25) is 0 Å². The lowest BCUT2D eigenvalue weighted by molar-refractivity contribution is -0.348. The summed E-state index contributed by atoms with van der Waals surface area (Å²) in [6, 6.07) is 5.46. The lowest BCUT2D eigenvalue weighted by Gasteiger charge is -2.33. The first kappa shape index (κ1) is 22.5. The molecule has 11 heteroatoms. The minimum atomic E-state index is -6.49. The summed E-state index contributed by atoms with van der Waals surface area (Å²) in [7, 11) is 0. The van der Waals surface area contributed by atoms with Crippen LogP contribution in [0.1, 0.15) is 16.7 Å². The van der Waals surface area contributed by atoms with Gasteiger partial charge < -0.3 is 0 Å². The molecule has 0 spiro atoms. The number of aryl methyl sites for hydroxylation is 1. The van der Waals surface area contributed by atoms with E-state index in [1.165, 1.54) is 0 Å². The molecule has 28 heavy (non-hydrogen) atoms. The molecule has 1 radical (unpaired) electrons. The predicted molar refractivity (Wildman–Crippen MR) is 83.0 cm³/mol. The van der Waals surface area contributed by atoms with Gasteiger partial charge in [-0.2, -0.15) is 39.5 Å². The van der Waals surface area contributed by atoms with Crippen molar-refractivity contribution in [3.8, 4) is 11.1 Å². The van der Waals surface area contributed by atoms with Gasteiger partial charge >= 0.3 is 24.2 Å². The fourth-order valence-electron chi connectivity index (χ4n) is 2.63. The molecular formula is C17H8BrF10. The molecule has 0 atom stereocenters. The Morgan fingerprint density at radius 3 is 1.75 bits per heavy atom. The molecule has 0 bridgehead atoms. The van der Waals surface area contributed by atoms with E-state index in [0.29, 0.717) is 12.1 Å². The number of rotatable bonds is 2. The maximum atomic E-state index is 14.7. The second kappa shape index (κ2) is 6.93. The molecule has 0 saturated heterocycles. The highest BCUT2D eigenvalue weighted by Crippen LogP contribution is 2.57. The van der Waals surface area contributed by atoms with Gasteiger partial charge in [-0.1, -0.05) is 24.3 Å². The highest BCUT2D eigenvalue weighted by Gasteiger charge is 2.74. The lowest BCUT2D eigenvalue weighted by Crippen LogP contribution is -2.50. The Morgan fingerprint density at radius 2 is 1.29 bits per heavy atom. The summed E-state index contributed by atoms with van der Waals surface area (Å²) in [5, 5.41) is 0. The number of halogens is 11. The van der Waals surface area contributed by atoms with Gasteiger partial charge in [0.1, 0.15) is 0 Å². The maximum absolute atomic E-state index is 14.7. The topological polar surface area (TPSA) is 0 Å². The highest BCUT2D eigenvalue weighted by molar-refractivity contribution is 9.10. The largest absolute Gasteiger partial charge is 0.435 e. The molecule has 0 heterocycles. The fraction of sp³-hybridized carbons (Fsp3) is 0.294. The van der Waals surface area contributed by atoms with E-state index < -0.39 is 50.9 Å². The van der Waals surface area contributed by atoms with Gasteiger partial charge in [-0.3, -0.25) is 0 Å². The number of hydrogen-bond acceptors (Lipinski definition) is 0. The molecule has 0 amide bonds. The Morgan fingerprint density at radius 1 is 0.786 bits per heavy atom. The van der Waals surface area contributed by atoms with Gasteiger partial charge in [-0.15, -0.1) is 0 Å². The molecule has 0 fully saturated rings. The monoisotopic (exact) mass is 481 g/mol. The van der Waals surface area contributed by atoms with Crippen molar-refractivity contribution < 1.29 is 43.9 Å². The zero-order valence-electron chi connectivity index (χ0n) is 13.5. The molecule has 0 N–H and O–H groups in total. The summed E-state index contributed by atoms with van der Waals surface area (Å²) in [4.78, 5) is 0. The second-order valence-electron chi connectivity index (χ2n) is 5.75. The number of hydrogen-bond donors (Lipinski definition) is 0. The molecule has 0 saturated carbocycles. The van der Waals surface area contributed by atoms with Crippen LogP contribution in [0.25, 0.3) is 11.1 Å². The van der Waals surface area contributed by atoms with Gasteiger partial charge in [0.2, 0.25) is 0 Å². The van der Waals surface area contributed by atoms with Crippen molar-refractivity contribution in [3.05, 3.63) is 57.6 Å². The molecule has 0 aliphatic heterocycles. The molecule has 2 rings (SSSR count). The number of benzene rings is 2. The van der Waals surface area contributed by atoms with Crippen LogP contribution in [-0.2, 0) is 11.8 Å². The Kier molecular flexibility index (Phi) is 5.57. The smallest absolute Gasteiger partial charge is 0.218 e. The quantitative estimate of drug-likeness (QED) is 0.389. The Bertz CT molecular complexity index is 863. The Hall–Kier alpha value is -1.78. The highest BCUT2D eigenvalue weighted by atomic mass is 79.9. The molecule has 0 unspecified atom stereocenters. The van der Waals surface area contributed by atoms with Crippen LogP contribution in [-0.4, -0.2) is 12.4 Å². The standard InChI is InChI=1S/C17H8BrF10/c1-8-6-11(14(19,16(23,24)25)17(26,27)28)13(12(18)7-8)9-4-2-3-5-10(9)15(20,21)22/h2-6H,1H3. The third-order valence-electron chi connectivity index (χ3n) is 3.81. The van der Waals surface area contributed by atoms with E-state index in [9.17, 15) is 43.9 Å². The first-order valence-corrected chi connectivity index (χ1v) is 8.03. The van der Waals surface area contributed by atoms with Gasteiger partial charge in [0.15, 0.2) is 0 Å². The third kappa shape index (κ3) is 3.72. The zero-order valence-corrected chi connectivity index (χ0v) is 15.1. The van der Waals surface area contributed by atoms with Crippen molar-refractivity contribution in [2.45, 2.75) is 31.1 Å². The molecule has 0 aliphatic carbocycles. The molecule has 2 aromatic rings. The lowest BCUT2D eigenvalue weighted by atomic mass is 9.84. The zero-order chi connectivity index (χ0) is 21.7. The van der Waals surface area contributed by atoms with Gasteiger partial charge in [-0.05, 0) is 40.0 Å². The fourth-order valence-corrected chi connectivity index (χ4v) is 3.37. The molecule has 0 aliphatic rings. The van der Waals surface area contributed by atoms with Crippen molar-refractivity contribution >= 4 is 15.9 Å². The predicted octanol–water partition coefficient (Wildman–Crippen LogP) is 7.53. The summed E-state index contributed by atoms with van der Waals surface area (Å²) in [6.45, 7) is 1.03. The van der Waals surface area contributed by atoms with E-state index in [4.69, 9.17) is 0 Å². The molecule has 2 aromatic carbocycles. The van der Waals surface area contributed by atoms with Crippen LogP contribution < -0.4 is 0 Å². The SMILES string of the molecule is Cc1[c]c(Br)c(-c2ccccc2C(F)(F)F)c(C(F)(C(F)(F)F)C(F)(F)F)c1. The summed E-state index contributed by atoms with van der Waals surface area (Å²) < 4.78 is 133. The summed E-state index contributed by atoms with van der Waals surface area (Å²) in [5.74, 6) is 0. The van der Waals surface area contributed by atoms with E-state index in [2.05, 4.69) is 22.0 Å². The van der Waals surface area contributed by atoms with Crippen molar-refractivity contribution in [2.24, 2.45) is 0 Å². The van der Waals surface area contributed by atoms with Crippen LogP contribution >= 0.6 is 15.9 Å². The Labute approximate surface area is 160 Å². The first-order chi connectivity index (χ1) is 12.5. The van der Waals surface area contributed by atoms with Crippen LogP contribution in [0.4, 0.5) is 43.9 Å². The average Bonchev–Trinajstić information content (AvgIpc) is 2.50. The van der Waals surface area contributed by atoms with Crippen LogP contribution in [0.5, 0.6) is 0 Å². The Balaban J connectivity index is 3.03. The van der Waals surface area contributed by atoms with E-state index >= 15 is 0 Å². The van der Waals surface area contributed by atoms with Crippen molar-refractivity contribution in [2.75, 3.05) is 0 Å². The normalized spacial score (nSPS) is 13.7. The maximum Gasteiger partial charge on any atom is 0.435 e. The van der Waals surface area contributed by atoms with E-state index in [1.54, 1.807) is 0 Å². The number of alkyl halides is 10. The molecule has 0 nitrogen and oxygen atoms in total. The summed E-state index contributed by atoms with van der Waals surface area (Å²) in [5.41, 5.74) is -12.1. The van der Waals surface area contributed by atoms with Gasteiger partial charge in [0.05, 0.1) is 5.56 Å². The third-order valence-corrected chi connectivity index (χ3v) is 4.41. The van der Waals surface area contributed by atoms with E-state index in [-0.39, 0.29) is 11.6 Å². The average molecular weight is 482 g/mol. The summed E-state index contributed by atoms with van der Waals surface area (Å²) in [6.07, 6.45) is -18.1. The van der Waals surface area contributed by atoms with Gasteiger partial charge in [0, 0.05) is 21.7 Å². The minimum Gasteiger partial charge on any atom is -0.218 e. The second-order valence-corrected chi connectivity index (χ2v) is 6.55. The minimum absolute atomic E-state index is 0.189. The van der Waals surface area contributed by atoms with E-state index in [0.717, 1.165) is 19.1 Å². The summed E-state index contributed by atoms with van der Waals surface area (Å²) >= 11 is 2.64. The van der Waals surface area contributed by atoms with Gasteiger partial charge in [-0.25, -0.2) is 4.39 Å².